The van der Waals surface area contributed by atoms with Crippen molar-refractivity contribution in [2.24, 2.45) is 0 Å². The average Bonchev–Trinajstić information content (AvgIpc) is 3.43. The normalized spacial score (nSPS) is 18.3. The predicted octanol–water partition coefficient (Wildman–Crippen LogP) is 2.42. The fourth-order valence-corrected chi connectivity index (χ4v) is 4.22. The molecule has 1 fully saturated rings. The van der Waals surface area contributed by atoms with Crippen LogP contribution in [0.2, 0.25) is 0 Å². The topological polar surface area (TPSA) is 107 Å². The van der Waals surface area contributed by atoms with Crippen LogP contribution in [0.5, 0.6) is 28.7 Å². The number of benzene rings is 2. The van der Waals surface area contributed by atoms with E-state index in [-0.39, 0.29) is 24.7 Å². The van der Waals surface area contributed by atoms with Gasteiger partial charge in [-0.25, -0.2) is 0 Å². The number of carbonyl (C=O) groups is 2. The van der Waals surface area contributed by atoms with Crippen molar-refractivity contribution >= 4 is 17.4 Å². The van der Waals surface area contributed by atoms with Crippen molar-refractivity contribution in [1.29, 1.82) is 0 Å². The summed E-state index contributed by atoms with van der Waals surface area (Å²) in [6.45, 7) is 0.842. The van der Waals surface area contributed by atoms with Crippen molar-refractivity contribution in [3.05, 3.63) is 47.0 Å². The van der Waals surface area contributed by atoms with Gasteiger partial charge in [-0.05, 0) is 50.0 Å². The summed E-state index contributed by atoms with van der Waals surface area (Å²) in [4.78, 5) is 29.8. The average molecular weight is 485 g/mol. The molecule has 0 bridgehead atoms. The maximum absolute atomic E-state index is 13.3. The molecular weight excluding hydrogens is 456 g/mol. The first kappa shape index (κ1) is 24.2. The maximum Gasteiger partial charge on any atom is 0.295 e. The molecule has 10 nitrogen and oxygen atoms in total. The summed E-state index contributed by atoms with van der Waals surface area (Å²) in [6.07, 6.45) is 0. The number of likely N-dealkylation sites (tertiary alicyclic amines) is 1. The number of aliphatic hydroxyl groups excluding tert-OH is 1. The summed E-state index contributed by atoms with van der Waals surface area (Å²) >= 11 is 0. The van der Waals surface area contributed by atoms with Crippen LogP contribution in [-0.4, -0.2) is 81.9 Å². The molecule has 1 unspecified atom stereocenters. The lowest BCUT2D eigenvalue weighted by molar-refractivity contribution is -0.140. The molecule has 4 rings (SSSR count). The van der Waals surface area contributed by atoms with Gasteiger partial charge in [-0.1, -0.05) is 0 Å². The van der Waals surface area contributed by atoms with Crippen LogP contribution in [0.1, 0.15) is 17.2 Å². The van der Waals surface area contributed by atoms with E-state index in [2.05, 4.69) is 0 Å². The largest absolute Gasteiger partial charge is 0.507 e. The van der Waals surface area contributed by atoms with Crippen LogP contribution < -0.4 is 23.7 Å². The SMILES string of the molecule is COc1cc(C2/C(=C(\O)c3ccc4c(c3)OCO4)C(=O)C(=O)N2CCN(C)C)cc(OC)c1OC. The van der Waals surface area contributed by atoms with Crippen LogP contribution >= 0.6 is 0 Å². The molecule has 0 aliphatic carbocycles. The minimum absolute atomic E-state index is 0.0399. The molecule has 0 saturated carbocycles. The molecular formula is C25H28N2O8. The van der Waals surface area contributed by atoms with Crippen molar-refractivity contribution in [2.45, 2.75) is 6.04 Å². The molecule has 0 radical (unpaired) electrons. The van der Waals surface area contributed by atoms with E-state index in [4.69, 9.17) is 23.7 Å². The molecule has 1 N–H and O–H groups in total. The number of ketones is 1. The maximum atomic E-state index is 13.3. The molecule has 2 aromatic carbocycles. The Kier molecular flexibility index (Phi) is 6.74. The first-order valence-corrected chi connectivity index (χ1v) is 10.9. The molecule has 1 atom stereocenters. The number of amides is 1. The standard InChI is InChI=1S/C25H28N2O8/c1-26(2)8-9-27-21(15-11-18(31-3)24(33-5)19(12-15)32-4)20(23(29)25(27)30)22(28)14-6-7-16-17(10-14)35-13-34-16/h6-7,10-12,21,28H,8-9,13H2,1-5H3/b22-20+. The van der Waals surface area contributed by atoms with Crippen LogP contribution in [0.3, 0.4) is 0 Å². The Morgan fingerprint density at radius 2 is 1.69 bits per heavy atom. The molecule has 1 amide bonds. The van der Waals surface area contributed by atoms with E-state index in [1.165, 1.54) is 26.2 Å². The Morgan fingerprint density at radius 1 is 1.03 bits per heavy atom. The van der Waals surface area contributed by atoms with Gasteiger partial charge in [-0.3, -0.25) is 9.59 Å². The number of carbonyl (C=O) groups excluding carboxylic acids is 2. The molecule has 1 saturated heterocycles. The molecule has 2 aliphatic rings. The molecule has 35 heavy (non-hydrogen) atoms. The van der Waals surface area contributed by atoms with E-state index in [0.29, 0.717) is 46.4 Å². The number of ether oxygens (including phenoxy) is 5. The zero-order valence-corrected chi connectivity index (χ0v) is 20.3. The minimum Gasteiger partial charge on any atom is -0.507 e. The second-order valence-corrected chi connectivity index (χ2v) is 8.32. The zero-order chi connectivity index (χ0) is 25.3. The van der Waals surface area contributed by atoms with Crippen LogP contribution in [0, 0.1) is 0 Å². The van der Waals surface area contributed by atoms with Gasteiger partial charge in [0.05, 0.1) is 32.9 Å². The highest BCUT2D eigenvalue weighted by molar-refractivity contribution is 6.46. The van der Waals surface area contributed by atoms with Crippen molar-refractivity contribution in [3.63, 3.8) is 0 Å². The Bertz CT molecular complexity index is 1160. The quantitative estimate of drug-likeness (QED) is 0.343. The molecule has 2 aromatic rings. The van der Waals surface area contributed by atoms with Gasteiger partial charge >= 0.3 is 0 Å². The van der Waals surface area contributed by atoms with Gasteiger partial charge in [0.15, 0.2) is 23.0 Å². The molecule has 10 heteroatoms. The Hall–Kier alpha value is -3.92. The third-order valence-corrected chi connectivity index (χ3v) is 5.98. The minimum atomic E-state index is -0.880. The second kappa shape index (κ2) is 9.75. The Morgan fingerprint density at radius 3 is 2.29 bits per heavy atom. The van der Waals surface area contributed by atoms with E-state index >= 15 is 0 Å². The Balaban J connectivity index is 1.90. The lowest BCUT2D eigenvalue weighted by atomic mass is 9.94. The molecule has 2 aliphatic heterocycles. The summed E-state index contributed by atoms with van der Waals surface area (Å²) in [6, 6.07) is 7.31. The predicted molar refractivity (Wildman–Crippen MR) is 126 cm³/mol. The van der Waals surface area contributed by atoms with Crippen molar-refractivity contribution < 1.29 is 38.4 Å². The van der Waals surface area contributed by atoms with Crippen molar-refractivity contribution in [3.8, 4) is 28.7 Å². The molecule has 186 valence electrons. The van der Waals surface area contributed by atoms with Crippen LogP contribution in [0.4, 0.5) is 0 Å². The number of fused-ring (bicyclic) bond motifs is 1. The summed E-state index contributed by atoms with van der Waals surface area (Å²) < 4.78 is 27.1. The van der Waals surface area contributed by atoms with Crippen molar-refractivity contribution in [1.82, 2.24) is 9.80 Å². The van der Waals surface area contributed by atoms with Gasteiger partial charge in [-0.2, -0.15) is 0 Å². The van der Waals surface area contributed by atoms with Gasteiger partial charge in [-0.15, -0.1) is 0 Å². The van der Waals surface area contributed by atoms with Crippen molar-refractivity contribution in [2.75, 3.05) is 55.3 Å². The fraction of sp³-hybridized carbons (Fsp3) is 0.360. The first-order chi connectivity index (χ1) is 16.8. The number of likely N-dealkylation sites (N-methyl/N-ethyl adjacent to an activating group) is 1. The number of methoxy groups -OCH3 is 3. The number of Topliss-reactive ketones (excluding diaryl/α,β-unsaturated/α-hetero) is 1. The lowest BCUT2D eigenvalue weighted by Gasteiger charge is -2.27. The van der Waals surface area contributed by atoms with Gasteiger partial charge in [0.25, 0.3) is 11.7 Å². The molecule has 0 spiro atoms. The smallest absolute Gasteiger partial charge is 0.295 e. The number of aliphatic hydroxyl groups is 1. The number of hydrogen-bond donors (Lipinski definition) is 1. The van der Waals surface area contributed by atoms with Gasteiger partial charge in [0.1, 0.15) is 5.76 Å². The first-order valence-electron chi connectivity index (χ1n) is 10.9. The highest BCUT2D eigenvalue weighted by Gasteiger charge is 2.46. The second-order valence-electron chi connectivity index (χ2n) is 8.32. The third-order valence-electron chi connectivity index (χ3n) is 5.98. The lowest BCUT2D eigenvalue weighted by Crippen LogP contribution is -2.35. The van der Waals surface area contributed by atoms with E-state index in [0.717, 1.165) is 0 Å². The van der Waals surface area contributed by atoms with E-state index in [1.54, 1.807) is 30.3 Å². The monoisotopic (exact) mass is 484 g/mol. The number of rotatable bonds is 8. The van der Waals surface area contributed by atoms with Crippen LogP contribution in [-0.2, 0) is 9.59 Å². The summed E-state index contributed by atoms with van der Waals surface area (Å²) in [5, 5.41) is 11.3. The third kappa shape index (κ3) is 4.32. The van der Waals surface area contributed by atoms with Gasteiger partial charge < -0.3 is 38.6 Å². The molecule has 2 heterocycles. The fourth-order valence-electron chi connectivity index (χ4n) is 4.22. The number of hydrogen-bond acceptors (Lipinski definition) is 9. The summed E-state index contributed by atoms with van der Waals surface area (Å²) in [5.41, 5.74) is 0.818. The number of nitrogens with zero attached hydrogens (tertiary/aromatic N) is 2. The van der Waals surface area contributed by atoms with E-state index in [9.17, 15) is 14.7 Å². The highest BCUT2D eigenvalue weighted by atomic mass is 16.7. The van der Waals surface area contributed by atoms with Crippen LogP contribution in [0.25, 0.3) is 5.76 Å². The zero-order valence-electron chi connectivity index (χ0n) is 20.3. The van der Waals surface area contributed by atoms with Gasteiger partial charge in [0.2, 0.25) is 12.5 Å². The van der Waals surface area contributed by atoms with E-state index in [1.807, 2.05) is 19.0 Å². The van der Waals surface area contributed by atoms with E-state index < -0.39 is 17.7 Å². The van der Waals surface area contributed by atoms with Crippen LogP contribution in [0.15, 0.2) is 35.9 Å². The highest BCUT2D eigenvalue weighted by Crippen LogP contribution is 2.46. The van der Waals surface area contributed by atoms with Gasteiger partial charge in [0, 0.05) is 18.7 Å². The Labute approximate surface area is 203 Å². The molecule has 0 aromatic heterocycles. The summed E-state index contributed by atoms with van der Waals surface area (Å²) in [7, 11) is 8.20. The summed E-state index contributed by atoms with van der Waals surface area (Å²) in [5.74, 6) is 0.290.